The summed E-state index contributed by atoms with van der Waals surface area (Å²) in [7, 11) is 1.69. The number of benzene rings is 1. The average molecular weight is 360 g/mol. The Hall–Kier alpha value is -1.92. The summed E-state index contributed by atoms with van der Waals surface area (Å²) >= 11 is 0. The molecule has 1 amide bonds. The molecule has 2 aliphatic carbocycles. The molecule has 5 nitrogen and oxygen atoms in total. The van der Waals surface area contributed by atoms with E-state index in [0.29, 0.717) is 12.8 Å². The van der Waals surface area contributed by atoms with Crippen LogP contribution < -0.4 is 0 Å². The summed E-state index contributed by atoms with van der Waals surface area (Å²) in [4.78, 5) is 14.4. The summed E-state index contributed by atoms with van der Waals surface area (Å²) in [5.74, 6) is -0.354. The van der Waals surface area contributed by atoms with Gasteiger partial charge in [0.1, 0.15) is 18.5 Å². The van der Waals surface area contributed by atoms with E-state index in [1.165, 1.54) is 6.07 Å². The highest BCUT2D eigenvalue weighted by molar-refractivity contribution is 5.88. The second-order valence-electron chi connectivity index (χ2n) is 7.59. The molecule has 0 saturated heterocycles. The summed E-state index contributed by atoms with van der Waals surface area (Å²) in [5.41, 5.74) is 3.19. The summed E-state index contributed by atoms with van der Waals surface area (Å²) in [6.07, 6.45) is 3.41. The van der Waals surface area contributed by atoms with Crippen molar-refractivity contribution in [2.24, 2.45) is 0 Å². The number of hydrogen-bond acceptors (Lipinski definition) is 3. The Morgan fingerprint density at radius 3 is 2.77 bits per heavy atom. The van der Waals surface area contributed by atoms with Gasteiger partial charge in [-0.3, -0.25) is 4.79 Å². The molecule has 1 fully saturated rings. The van der Waals surface area contributed by atoms with Crippen LogP contribution >= 0.6 is 0 Å². The van der Waals surface area contributed by atoms with Crippen molar-refractivity contribution in [1.82, 2.24) is 9.47 Å². The van der Waals surface area contributed by atoms with E-state index in [4.69, 9.17) is 0 Å². The molecular formula is C20H25FN2O3. The number of aryl methyl sites for hydroxylation is 1. The fourth-order valence-corrected chi connectivity index (χ4v) is 4.58. The van der Waals surface area contributed by atoms with Crippen LogP contribution in [0.1, 0.15) is 36.9 Å². The van der Waals surface area contributed by atoms with E-state index in [1.807, 2.05) is 4.57 Å². The number of carbonyl (C=O) groups is 1. The molecule has 2 aliphatic rings. The zero-order valence-corrected chi connectivity index (χ0v) is 15.0. The number of likely N-dealkylation sites (N-methyl/N-ethyl adjacent to an activating group) is 1. The highest BCUT2D eigenvalue weighted by Crippen LogP contribution is 2.33. The number of halogens is 1. The van der Waals surface area contributed by atoms with Crippen molar-refractivity contribution < 1.29 is 19.4 Å². The minimum absolute atomic E-state index is 0.0993. The van der Waals surface area contributed by atoms with E-state index in [9.17, 15) is 19.4 Å². The highest BCUT2D eigenvalue weighted by Gasteiger charge is 2.37. The van der Waals surface area contributed by atoms with Crippen LogP contribution in [0.4, 0.5) is 4.39 Å². The molecule has 1 aromatic heterocycles. The Labute approximate surface area is 152 Å². The molecule has 1 heterocycles. The summed E-state index contributed by atoms with van der Waals surface area (Å²) in [5, 5.41) is 20.8. The zero-order chi connectivity index (χ0) is 18.4. The largest absolute Gasteiger partial charge is 0.390 e. The van der Waals surface area contributed by atoms with Gasteiger partial charge in [-0.1, -0.05) is 0 Å². The Morgan fingerprint density at radius 2 is 2.04 bits per heavy atom. The van der Waals surface area contributed by atoms with Gasteiger partial charge in [-0.2, -0.15) is 0 Å². The number of rotatable bonds is 3. The quantitative estimate of drug-likeness (QED) is 0.880. The number of aliphatic hydroxyl groups is 2. The summed E-state index contributed by atoms with van der Waals surface area (Å²) in [6, 6.07) is 4.41. The van der Waals surface area contributed by atoms with Gasteiger partial charge in [0.05, 0.1) is 12.1 Å². The van der Waals surface area contributed by atoms with Crippen LogP contribution in [0.5, 0.6) is 0 Å². The van der Waals surface area contributed by atoms with Crippen LogP contribution in [0, 0.1) is 5.82 Å². The van der Waals surface area contributed by atoms with Gasteiger partial charge in [-0.25, -0.2) is 4.39 Å². The first-order valence-corrected chi connectivity index (χ1v) is 9.38. The van der Waals surface area contributed by atoms with Crippen molar-refractivity contribution in [3.05, 3.63) is 35.3 Å². The first-order chi connectivity index (χ1) is 12.5. The van der Waals surface area contributed by atoms with Gasteiger partial charge >= 0.3 is 0 Å². The van der Waals surface area contributed by atoms with Crippen LogP contribution in [0.2, 0.25) is 0 Å². The van der Waals surface area contributed by atoms with Gasteiger partial charge in [-0.05, 0) is 62.3 Å². The van der Waals surface area contributed by atoms with Crippen LogP contribution in [0.3, 0.4) is 0 Å². The van der Waals surface area contributed by atoms with E-state index < -0.39 is 12.2 Å². The number of amides is 1. The highest BCUT2D eigenvalue weighted by atomic mass is 19.1. The first-order valence-electron chi connectivity index (χ1n) is 9.38. The number of aliphatic hydroxyl groups excluding tert-OH is 2. The Balaban J connectivity index is 1.66. The van der Waals surface area contributed by atoms with Crippen molar-refractivity contribution >= 4 is 16.8 Å². The van der Waals surface area contributed by atoms with E-state index in [2.05, 4.69) is 0 Å². The third-order valence-electron chi connectivity index (χ3n) is 6.07. The van der Waals surface area contributed by atoms with Crippen molar-refractivity contribution in [1.29, 1.82) is 0 Å². The molecule has 4 rings (SSSR count). The third-order valence-corrected chi connectivity index (χ3v) is 6.07. The molecule has 6 heteroatoms. The SMILES string of the molecule is CN(C(=O)Cn1c2c(c3cc(F)ccc31)CCCC2)[C@@H]1CC[C@@H](O)[C@@H]1O. The van der Waals surface area contributed by atoms with Crippen LogP contribution in [-0.4, -0.2) is 50.9 Å². The normalized spacial score (nSPS) is 25.5. The molecule has 26 heavy (non-hydrogen) atoms. The molecule has 0 unspecified atom stereocenters. The molecule has 140 valence electrons. The molecule has 3 atom stereocenters. The molecule has 0 spiro atoms. The molecule has 0 radical (unpaired) electrons. The van der Waals surface area contributed by atoms with Crippen molar-refractivity contribution in [3.63, 3.8) is 0 Å². The topological polar surface area (TPSA) is 65.7 Å². The molecule has 1 aromatic carbocycles. The van der Waals surface area contributed by atoms with Gasteiger partial charge in [0.15, 0.2) is 0 Å². The fraction of sp³-hybridized carbons (Fsp3) is 0.550. The lowest BCUT2D eigenvalue weighted by molar-refractivity contribution is -0.135. The maximum Gasteiger partial charge on any atom is 0.242 e. The third kappa shape index (κ3) is 2.81. The predicted octanol–water partition coefficient (Wildman–Crippen LogP) is 2.00. The maximum atomic E-state index is 13.8. The minimum Gasteiger partial charge on any atom is -0.390 e. The standard InChI is InChI=1S/C20H25FN2O3/c1-22(17-8-9-18(24)20(17)26)19(25)11-23-15-5-3-2-4-13(15)14-10-12(21)6-7-16(14)23/h6-7,10,17-18,20,24,26H,2-5,8-9,11H2,1H3/t17-,18-,20-/m1/s1. The fourth-order valence-electron chi connectivity index (χ4n) is 4.58. The Kier molecular flexibility index (Phi) is 4.49. The van der Waals surface area contributed by atoms with E-state index in [1.54, 1.807) is 24.1 Å². The second kappa shape index (κ2) is 6.67. The summed E-state index contributed by atoms with van der Waals surface area (Å²) < 4.78 is 15.8. The van der Waals surface area contributed by atoms with Gasteiger partial charge in [0.2, 0.25) is 5.91 Å². The predicted molar refractivity (Wildman–Crippen MR) is 96.3 cm³/mol. The average Bonchev–Trinajstić information content (AvgIpc) is 3.13. The zero-order valence-electron chi connectivity index (χ0n) is 15.0. The van der Waals surface area contributed by atoms with Crippen LogP contribution in [-0.2, 0) is 24.2 Å². The molecule has 2 aromatic rings. The van der Waals surface area contributed by atoms with E-state index >= 15 is 0 Å². The smallest absolute Gasteiger partial charge is 0.242 e. The number of nitrogens with zero attached hydrogens (tertiary/aromatic N) is 2. The number of hydrogen-bond donors (Lipinski definition) is 2. The Morgan fingerprint density at radius 1 is 1.27 bits per heavy atom. The molecule has 0 aliphatic heterocycles. The molecule has 0 bridgehead atoms. The lowest BCUT2D eigenvalue weighted by atomic mass is 9.95. The second-order valence-corrected chi connectivity index (χ2v) is 7.59. The first kappa shape index (κ1) is 17.5. The van der Waals surface area contributed by atoms with Gasteiger partial charge in [0.25, 0.3) is 0 Å². The monoisotopic (exact) mass is 360 g/mol. The van der Waals surface area contributed by atoms with E-state index in [0.717, 1.165) is 47.8 Å². The van der Waals surface area contributed by atoms with Crippen LogP contribution in [0.25, 0.3) is 10.9 Å². The Bertz CT molecular complexity index is 847. The van der Waals surface area contributed by atoms with Gasteiger partial charge < -0.3 is 19.7 Å². The number of fused-ring (bicyclic) bond motifs is 3. The lowest BCUT2D eigenvalue weighted by Gasteiger charge is -2.28. The van der Waals surface area contributed by atoms with Crippen molar-refractivity contribution in [3.8, 4) is 0 Å². The maximum absolute atomic E-state index is 13.8. The molecule has 2 N–H and O–H groups in total. The molecule has 1 saturated carbocycles. The lowest BCUT2D eigenvalue weighted by Crippen LogP contribution is -2.45. The molecular weight excluding hydrogens is 335 g/mol. The number of aromatic nitrogens is 1. The van der Waals surface area contributed by atoms with Crippen LogP contribution in [0.15, 0.2) is 18.2 Å². The summed E-state index contributed by atoms with van der Waals surface area (Å²) in [6.45, 7) is 0.174. The number of carbonyl (C=O) groups excluding carboxylic acids is 1. The van der Waals surface area contributed by atoms with Gasteiger partial charge in [-0.15, -0.1) is 0 Å². The van der Waals surface area contributed by atoms with Gasteiger partial charge in [0, 0.05) is 23.6 Å². The van der Waals surface area contributed by atoms with Crippen molar-refractivity contribution in [2.75, 3.05) is 7.05 Å². The minimum atomic E-state index is -0.895. The van der Waals surface area contributed by atoms with E-state index in [-0.39, 0.29) is 24.3 Å². The van der Waals surface area contributed by atoms with Crippen molar-refractivity contribution in [2.45, 2.75) is 63.3 Å².